The van der Waals surface area contributed by atoms with Crippen LogP contribution in [0.2, 0.25) is 0 Å². The number of hydrogen-bond acceptors (Lipinski definition) is 6. The van der Waals surface area contributed by atoms with Crippen molar-refractivity contribution in [1.82, 2.24) is 4.90 Å². The maximum atomic E-state index is 11.4. The second-order valence-corrected chi connectivity index (χ2v) is 7.88. The Morgan fingerprint density at radius 2 is 1.29 bits per heavy atom. The summed E-state index contributed by atoms with van der Waals surface area (Å²) in [5.74, 6) is 0. The smallest absolute Gasteiger partial charge is 0.421 e. The highest BCUT2D eigenvalue weighted by Crippen LogP contribution is 2.36. The molecule has 1 rings (SSSR count). The summed E-state index contributed by atoms with van der Waals surface area (Å²) >= 11 is 0. The van der Waals surface area contributed by atoms with Gasteiger partial charge in [0.25, 0.3) is 0 Å². The quantitative estimate of drug-likeness (QED) is 0.643. The van der Waals surface area contributed by atoms with Gasteiger partial charge in [-0.1, -0.05) is 0 Å². The van der Waals surface area contributed by atoms with Crippen molar-refractivity contribution in [1.29, 1.82) is 0 Å². The zero-order valence-electron chi connectivity index (χ0n) is 12.3. The molecule has 0 aromatic carbocycles. The van der Waals surface area contributed by atoms with Gasteiger partial charge >= 0.3 is 11.0 Å². The van der Waals surface area contributed by atoms with Gasteiger partial charge in [0, 0.05) is 13.7 Å². The molecule has 0 unspecified atom stereocenters. The summed E-state index contributed by atoms with van der Waals surface area (Å²) in [5, 5.41) is 0. The summed E-state index contributed by atoms with van der Waals surface area (Å²) in [6.45, 7) is 4.57. The minimum atomic E-state index is -6.72. The van der Waals surface area contributed by atoms with E-state index in [4.69, 9.17) is 4.74 Å². The first kappa shape index (κ1) is 23.4. The van der Waals surface area contributed by atoms with Gasteiger partial charge in [-0.05, 0) is 25.9 Å². The Bertz CT molecular complexity index is 539. The number of nitrogens with zero attached hydrogens (tertiary/aromatic N) is 2. The maximum Gasteiger partial charge on any atom is 0.480 e. The molecule has 15 heteroatoms. The molecule has 0 aromatic heterocycles. The Morgan fingerprint density at radius 3 is 1.58 bits per heavy atom. The van der Waals surface area contributed by atoms with Gasteiger partial charge in [0.15, 0.2) is 20.0 Å². The molecule has 1 heterocycles. The molecule has 1 aliphatic rings. The van der Waals surface area contributed by atoms with E-state index in [1.165, 1.54) is 25.9 Å². The first-order chi connectivity index (χ1) is 10.6. The van der Waals surface area contributed by atoms with Crippen molar-refractivity contribution < 1.29 is 47.9 Å². The van der Waals surface area contributed by atoms with Gasteiger partial charge in [0.1, 0.15) is 0 Å². The highest BCUT2D eigenvalue weighted by molar-refractivity contribution is 8.13. The Balaban J connectivity index is 0.000000496. The second-order valence-electron chi connectivity index (χ2n) is 4.46. The van der Waals surface area contributed by atoms with Crippen LogP contribution in [0.25, 0.3) is 4.13 Å². The molecule has 1 fully saturated rings. The molecule has 0 aromatic rings. The molecule has 24 heavy (non-hydrogen) atoms. The van der Waals surface area contributed by atoms with Crippen LogP contribution in [0.15, 0.2) is 0 Å². The lowest BCUT2D eigenvalue weighted by Crippen LogP contribution is -2.30. The van der Waals surface area contributed by atoms with E-state index in [1.54, 1.807) is 7.11 Å². The lowest BCUT2D eigenvalue weighted by Gasteiger charge is -2.22. The Kier molecular flexibility index (Phi) is 8.41. The fraction of sp³-hybridized carbons (Fsp3) is 1.00. The minimum absolute atomic E-state index is 0.778. The Morgan fingerprint density at radius 1 is 0.917 bits per heavy atom. The van der Waals surface area contributed by atoms with Crippen molar-refractivity contribution in [3.63, 3.8) is 0 Å². The standard InChI is InChI=1S/C7H15NO.C2F6NO4S2/c1-9-7-6-8-4-2-3-5-8;3-1(4,5)14(10,11)9-15(12,13)2(6,7)8/h2-7H2,1H3;/q;-1. The van der Waals surface area contributed by atoms with Gasteiger partial charge in [-0.2, -0.15) is 26.3 Å². The lowest BCUT2D eigenvalue weighted by atomic mass is 10.4. The predicted molar refractivity (Wildman–Crippen MR) is 70.9 cm³/mol. The molecular formula is C9H15F6N2O5S2-. The van der Waals surface area contributed by atoms with Crippen molar-refractivity contribution in [2.45, 2.75) is 23.9 Å². The number of sulfonamides is 2. The number of ether oxygens (including phenoxy) is 1. The molecule has 0 radical (unpaired) electrons. The molecule has 1 saturated heterocycles. The van der Waals surface area contributed by atoms with Crippen LogP contribution in [0, 0.1) is 0 Å². The number of rotatable bonds is 5. The summed E-state index contributed by atoms with van der Waals surface area (Å²) < 4.78 is 114. The maximum absolute atomic E-state index is 11.4. The third-order valence-electron chi connectivity index (χ3n) is 2.59. The molecule has 0 atom stereocenters. The third-order valence-corrected chi connectivity index (χ3v) is 5.33. The molecular weight excluding hydrogens is 394 g/mol. The second kappa shape index (κ2) is 8.64. The Labute approximate surface area is 135 Å². The molecule has 0 spiro atoms. The molecule has 0 aliphatic carbocycles. The van der Waals surface area contributed by atoms with E-state index in [0.717, 1.165) is 17.3 Å². The van der Waals surface area contributed by atoms with Crippen LogP contribution in [-0.2, 0) is 24.8 Å². The van der Waals surface area contributed by atoms with Crippen LogP contribution in [-0.4, -0.2) is 66.1 Å². The number of likely N-dealkylation sites (tertiary alicyclic amines) is 1. The van der Waals surface area contributed by atoms with Gasteiger partial charge in [-0.15, -0.1) is 0 Å². The highest BCUT2D eigenvalue weighted by Gasteiger charge is 2.46. The molecule has 0 N–H and O–H groups in total. The van der Waals surface area contributed by atoms with Crippen LogP contribution < -0.4 is 0 Å². The summed E-state index contributed by atoms with van der Waals surface area (Å²) in [4.78, 5) is 2.45. The average molecular weight is 409 g/mol. The van der Waals surface area contributed by atoms with Crippen molar-refractivity contribution >= 4 is 20.0 Å². The monoisotopic (exact) mass is 409 g/mol. The number of methoxy groups -OCH3 is 1. The number of hydrogen-bond donors (Lipinski definition) is 0. The van der Waals surface area contributed by atoms with Crippen LogP contribution in [0.4, 0.5) is 26.3 Å². The van der Waals surface area contributed by atoms with Crippen LogP contribution >= 0.6 is 0 Å². The van der Waals surface area contributed by atoms with Gasteiger partial charge in [-0.25, -0.2) is 16.8 Å². The average Bonchev–Trinajstić information content (AvgIpc) is 2.86. The van der Waals surface area contributed by atoms with E-state index in [2.05, 4.69) is 4.90 Å². The molecule has 0 saturated carbocycles. The molecule has 0 amide bonds. The summed E-state index contributed by atoms with van der Waals surface area (Å²) in [5.41, 5.74) is -12.4. The third kappa shape index (κ3) is 7.50. The van der Waals surface area contributed by atoms with E-state index >= 15 is 0 Å². The van der Waals surface area contributed by atoms with Gasteiger partial charge in [0.2, 0.25) is 0 Å². The van der Waals surface area contributed by atoms with Crippen molar-refractivity contribution in [3.05, 3.63) is 4.13 Å². The molecule has 1 aliphatic heterocycles. The fourth-order valence-corrected chi connectivity index (χ4v) is 3.15. The number of halogens is 6. The molecule has 0 bridgehead atoms. The summed E-state index contributed by atoms with van der Waals surface area (Å²) in [7, 11) is -11.7. The highest BCUT2D eigenvalue weighted by atomic mass is 32.3. The fourth-order valence-electron chi connectivity index (χ4n) is 1.44. The Hall–Kier alpha value is -0.640. The van der Waals surface area contributed by atoms with E-state index < -0.39 is 31.1 Å². The summed E-state index contributed by atoms with van der Waals surface area (Å²) in [6, 6.07) is 0. The van der Waals surface area contributed by atoms with E-state index in [-0.39, 0.29) is 0 Å². The van der Waals surface area contributed by atoms with E-state index in [0.29, 0.717) is 0 Å². The SMILES string of the molecule is COCCN1CCCC1.O=S(=O)([N-]S(=O)(=O)C(F)(F)F)C(F)(F)F. The van der Waals surface area contributed by atoms with E-state index in [9.17, 15) is 43.2 Å². The number of alkyl halides is 6. The van der Waals surface area contributed by atoms with Crippen molar-refractivity contribution in [2.75, 3.05) is 33.4 Å². The topological polar surface area (TPSA) is 94.8 Å². The predicted octanol–water partition coefficient (Wildman–Crippen LogP) is 1.79. The first-order valence-corrected chi connectivity index (χ1v) is 9.10. The van der Waals surface area contributed by atoms with Crippen LogP contribution in [0.3, 0.4) is 0 Å². The van der Waals surface area contributed by atoms with E-state index in [1.807, 2.05) is 0 Å². The minimum Gasteiger partial charge on any atom is -0.421 e. The van der Waals surface area contributed by atoms with Gasteiger partial charge in [-0.3, -0.25) is 0 Å². The van der Waals surface area contributed by atoms with Crippen LogP contribution in [0.1, 0.15) is 12.8 Å². The zero-order chi connectivity index (χ0) is 19.2. The molecule has 146 valence electrons. The van der Waals surface area contributed by atoms with Crippen molar-refractivity contribution in [3.8, 4) is 0 Å². The van der Waals surface area contributed by atoms with Gasteiger partial charge in [0.05, 0.1) is 6.61 Å². The summed E-state index contributed by atoms with van der Waals surface area (Å²) in [6.07, 6.45) is 2.76. The largest absolute Gasteiger partial charge is 0.480 e. The first-order valence-electron chi connectivity index (χ1n) is 6.22. The van der Waals surface area contributed by atoms with Gasteiger partial charge < -0.3 is 13.8 Å². The van der Waals surface area contributed by atoms with Crippen LogP contribution in [0.5, 0.6) is 0 Å². The zero-order valence-corrected chi connectivity index (χ0v) is 13.9. The lowest BCUT2D eigenvalue weighted by molar-refractivity contribution is -0.0444. The normalized spacial score (nSPS) is 17.5. The molecule has 7 nitrogen and oxygen atoms in total. The van der Waals surface area contributed by atoms with Crippen molar-refractivity contribution in [2.24, 2.45) is 0 Å².